The van der Waals surface area contributed by atoms with E-state index in [0.717, 1.165) is 32.1 Å². The number of carbonyl (C=O) groups is 1. The minimum Gasteiger partial charge on any atom is -0.481 e. The molecule has 0 bridgehead atoms. The number of allylic oxidation sites excluding steroid dienone is 2. The molecule has 0 aliphatic rings. The molecule has 0 amide bonds. The van der Waals surface area contributed by atoms with Crippen LogP contribution in [0.2, 0.25) is 0 Å². The number of carboxylic acids is 1. The Kier molecular flexibility index (Phi) is 7.76. The molecule has 0 saturated heterocycles. The summed E-state index contributed by atoms with van der Waals surface area (Å²) in [7, 11) is 0. The molecule has 0 aromatic rings. The number of rotatable bonds is 7. The Morgan fingerprint density at radius 2 is 2.00 bits per heavy atom. The second kappa shape index (κ2) is 8.31. The van der Waals surface area contributed by atoms with Crippen LogP contribution in [0.4, 0.5) is 0 Å². The molecule has 0 aliphatic carbocycles. The lowest BCUT2D eigenvalue weighted by Crippen LogP contribution is -1.93. The molecule has 12 heavy (non-hydrogen) atoms. The number of hydrogen-bond acceptors (Lipinski definition) is 1. The van der Waals surface area contributed by atoms with Crippen molar-refractivity contribution in [1.29, 1.82) is 0 Å². The van der Waals surface area contributed by atoms with Crippen LogP contribution in [0, 0.1) is 0 Å². The second-order valence-corrected chi connectivity index (χ2v) is 2.87. The summed E-state index contributed by atoms with van der Waals surface area (Å²) >= 11 is 0. The lowest BCUT2D eigenvalue weighted by molar-refractivity contribution is -0.137. The van der Waals surface area contributed by atoms with Crippen molar-refractivity contribution in [3.63, 3.8) is 0 Å². The van der Waals surface area contributed by atoms with Crippen molar-refractivity contribution in [2.24, 2.45) is 0 Å². The van der Waals surface area contributed by atoms with Gasteiger partial charge < -0.3 is 5.11 Å². The maximum absolute atomic E-state index is 10.1. The Bertz CT molecular complexity index is 139. The molecule has 0 unspecified atom stereocenters. The van der Waals surface area contributed by atoms with Gasteiger partial charge in [-0.25, -0.2) is 0 Å². The first kappa shape index (κ1) is 11.2. The first-order valence-corrected chi connectivity index (χ1v) is 4.64. The Morgan fingerprint density at radius 3 is 2.58 bits per heavy atom. The van der Waals surface area contributed by atoms with Crippen molar-refractivity contribution in [1.82, 2.24) is 0 Å². The third-order valence-electron chi connectivity index (χ3n) is 1.66. The molecule has 0 aliphatic heterocycles. The standard InChI is InChI=1S/C10H18O2/c1-2-3-4-5-6-7-8-9-10(11)12/h3-4H,2,5-9H2,1H3,(H,11,12)/b4-3-. The van der Waals surface area contributed by atoms with Crippen LogP contribution in [0.25, 0.3) is 0 Å². The first-order valence-electron chi connectivity index (χ1n) is 4.64. The van der Waals surface area contributed by atoms with Crippen LogP contribution in [0.1, 0.15) is 45.4 Å². The fraction of sp³-hybridized carbons (Fsp3) is 0.700. The number of unbranched alkanes of at least 4 members (excludes halogenated alkanes) is 3. The highest BCUT2D eigenvalue weighted by molar-refractivity contribution is 5.66. The largest absolute Gasteiger partial charge is 0.481 e. The minimum absolute atomic E-state index is 0.317. The third-order valence-corrected chi connectivity index (χ3v) is 1.66. The van der Waals surface area contributed by atoms with Crippen molar-refractivity contribution in [3.05, 3.63) is 12.2 Å². The van der Waals surface area contributed by atoms with E-state index in [1.165, 1.54) is 0 Å². The van der Waals surface area contributed by atoms with E-state index in [-0.39, 0.29) is 0 Å². The quantitative estimate of drug-likeness (QED) is 0.471. The van der Waals surface area contributed by atoms with Gasteiger partial charge >= 0.3 is 5.97 Å². The van der Waals surface area contributed by atoms with Crippen molar-refractivity contribution >= 4 is 5.97 Å². The zero-order valence-electron chi connectivity index (χ0n) is 7.75. The Balaban J connectivity index is 3.00. The molecule has 2 heteroatoms. The fourth-order valence-electron chi connectivity index (χ4n) is 1.000. The van der Waals surface area contributed by atoms with E-state index in [0.29, 0.717) is 6.42 Å². The summed E-state index contributed by atoms with van der Waals surface area (Å²) < 4.78 is 0. The van der Waals surface area contributed by atoms with Gasteiger partial charge in [-0.15, -0.1) is 0 Å². The van der Waals surface area contributed by atoms with Gasteiger partial charge in [0.1, 0.15) is 0 Å². The van der Waals surface area contributed by atoms with Crippen molar-refractivity contribution < 1.29 is 9.90 Å². The lowest BCUT2D eigenvalue weighted by Gasteiger charge is -1.94. The maximum atomic E-state index is 10.1. The van der Waals surface area contributed by atoms with Gasteiger partial charge in [-0.05, 0) is 25.7 Å². The molecule has 0 rings (SSSR count). The smallest absolute Gasteiger partial charge is 0.303 e. The summed E-state index contributed by atoms with van der Waals surface area (Å²) in [6.45, 7) is 2.11. The topological polar surface area (TPSA) is 37.3 Å². The van der Waals surface area contributed by atoms with Gasteiger partial charge in [-0.2, -0.15) is 0 Å². The zero-order chi connectivity index (χ0) is 9.23. The normalized spacial score (nSPS) is 10.8. The first-order chi connectivity index (χ1) is 5.77. The predicted octanol–water partition coefficient (Wildman–Crippen LogP) is 2.99. The van der Waals surface area contributed by atoms with Gasteiger partial charge in [0.2, 0.25) is 0 Å². The molecule has 0 saturated carbocycles. The van der Waals surface area contributed by atoms with Crippen LogP contribution in [-0.4, -0.2) is 11.1 Å². The molecule has 0 spiro atoms. The summed E-state index contributed by atoms with van der Waals surface area (Å²) in [5.74, 6) is -0.681. The summed E-state index contributed by atoms with van der Waals surface area (Å²) in [5.41, 5.74) is 0. The van der Waals surface area contributed by atoms with Crippen LogP contribution in [0.5, 0.6) is 0 Å². The number of hydrogen-bond donors (Lipinski definition) is 1. The van der Waals surface area contributed by atoms with Crippen LogP contribution in [-0.2, 0) is 4.79 Å². The molecule has 0 aromatic carbocycles. The van der Waals surface area contributed by atoms with Gasteiger partial charge in [-0.3, -0.25) is 4.79 Å². The SMILES string of the molecule is CC/C=C\CCCCCC(=O)O. The van der Waals surface area contributed by atoms with Crippen molar-refractivity contribution in [2.75, 3.05) is 0 Å². The van der Waals surface area contributed by atoms with Crippen molar-refractivity contribution in [2.45, 2.75) is 45.4 Å². The highest BCUT2D eigenvalue weighted by Gasteiger charge is 1.94. The highest BCUT2D eigenvalue weighted by atomic mass is 16.4. The van der Waals surface area contributed by atoms with Crippen LogP contribution in [0.3, 0.4) is 0 Å². The van der Waals surface area contributed by atoms with Gasteiger partial charge in [0.15, 0.2) is 0 Å². The Hall–Kier alpha value is -0.790. The van der Waals surface area contributed by atoms with Crippen LogP contribution in [0.15, 0.2) is 12.2 Å². The van der Waals surface area contributed by atoms with E-state index in [1.54, 1.807) is 0 Å². The summed E-state index contributed by atoms with van der Waals surface area (Å²) in [4.78, 5) is 10.1. The van der Waals surface area contributed by atoms with Crippen LogP contribution >= 0.6 is 0 Å². The second-order valence-electron chi connectivity index (χ2n) is 2.87. The van der Waals surface area contributed by atoms with E-state index in [1.807, 2.05) is 0 Å². The highest BCUT2D eigenvalue weighted by Crippen LogP contribution is 2.03. The summed E-state index contributed by atoms with van der Waals surface area (Å²) in [6, 6.07) is 0. The fourth-order valence-corrected chi connectivity index (χ4v) is 1.000. The zero-order valence-corrected chi connectivity index (χ0v) is 7.75. The molecule has 0 heterocycles. The average Bonchev–Trinajstić information content (AvgIpc) is 2.02. The molecule has 0 fully saturated rings. The molecule has 0 aromatic heterocycles. The molecule has 0 atom stereocenters. The molecule has 70 valence electrons. The molecule has 1 N–H and O–H groups in total. The average molecular weight is 170 g/mol. The van der Waals surface area contributed by atoms with Gasteiger partial charge in [0.25, 0.3) is 0 Å². The Morgan fingerprint density at radius 1 is 1.25 bits per heavy atom. The lowest BCUT2D eigenvalue weighted by atomic mass is 10.1. The number of carboxylic acid groups (broad SMARTS) is 1. The number of aliphatic carboxylic acids is 1. The van der Waals surface area contributed by atoms with Gasteiger partial charge in [0.05, 0.1) is 0 Å². The summed E-state index contributed by atoms with van der Waals surface area (Å²) in [5, 5.41) is 8.34. The van der Waals surface area contributed by atoms with E-state index in [4.69, 9.17) is 5.11 Å². The maximum Gasteiger partial charge on any atom is 0.303 e. The third kappa shape index (κ3) is 9.21. The van der Waals surface area contributed by atoms with E-state index in [9.17, 15) is 4.79 Å². The molecule has 2 nitrogen and oxygen atoms in total. The predicted molar refractivity (Wildman–Crippen MR) is 50.2 cm³/mol. The minimum atomic E-state index is -0.681. The van der Waals surface area contributed by atoms with E-state index < -0.39 is 5.97 Å². The molecule has 0 radical (unpaired) electrons. The summed E-state index contributed by atoms with van der Waals surface area (Å²) in [6.07, 6.45) is 9.78. The van der Waals surface area contributed by atoms with Gasteiger partial charge in [-0.1, -0.05) is 25.5 Å². The van der Waals surface area contributed by atoms with Crippen molar-refractivity contribution in [3.8, 4) is 0 Å². The van der Waals surface area contributed by atoms with E-state index in [2.05, 4.69) is 19.1 Å². The Labute approximate surface area is 74.3 Å². The molecular formula is C10H18O2. The van der Waals surface area contributed by atoms with E-state index >= 15 is 0 Å². The molecular weight excluding hydrogens is 152 g/mol. The monoisotopic (exact) mass is 170 g/mol. The van der Waals surface area contributed by atoms with Gasteiger partial charge in [0, 0.05) is 6.42 Å². The van der Waals surface area contributed by atoms with Crippen LogP contribution < -0.4 is 0 Å².